The van der Waals surface area contributed by atoms with Gasteiger partial charge in [-0.2, -0.15) is 0 Å². The van der Waals surface area contributed by atoms with E-state index >= 15 is 0 Å². The van der Waals surface area contributed by atoms with Gasteiger partial charge in [-0.15, -0.1) is 0 Å². The first-order chi connectivity index (χ1) is 18.8. The maximum Gasteiger partial charge on any atom is 0.225 e. The molecule has 39 heavy (non-hydrogen) atoms. The van der Waals surface area contributed by atoms with Crippen LogP contribution in [0, 0.1) is 18.6 Å². The number of rotatable bonds is 8. The van der Waals surface area contributed by atoms with Gasteiger partial charge < -0.3 is 16.0 Å². The summed E-state index contributed by atoms with van der Waals surface area (Å²) in [5.41, 5.74) is 12.4. The van der Waals surface area contributed by atoms with E-state index in [4.69, 9.17) is 5.73 Å². The molecule has 2 heterocycles. The lowest BCUT2D eigenvalue weighted by atomic mass is 9.94. The molecule has 0 aliphatic carbocycles. The first kappa shape index (κ1) is 26.1. The third kappa shape index (κ3) is 5.82. The number of hydrogen-bond donors (Lipinski definition) is 3. The molecule has 0 aliphatic heterocycles. The predicted molar refractivity (Wildman–Crippen MR) is 151 cm³/mol. The normalized spacial score (nSPS) is 12.0. The number of nitrogens with one attached hydrogen (secondary N) is 2. The SMILES string of the molecule is CCc1cc(F)cc(CC(NC(=O)Cc2c[nH]c3ccc(C)cc23)c2ncccc2-c2ccc(F)c(N)c2)c1. The summed E-state index contributed by atoms with van der Waals surface area (Å²) in [6, 6.07) is 18.6. The summed E-state index contributed by atoms with van der Waals surface area (Å²) in [4.78, 5) is 21.3. The summed E-state index contributed by atoms with van der Waals surface area (Å²) in [5.74, 6) is -1.02. The van der Waals surface area contributed by atoms with E-state index in [-0.39, 0.29) is 23.8 Å². The molecule has 1 amide bonds. The molecule has 3 aromatic carbocycles. The number of nitrogens with zero attached hydrogens (tertiary/aromatic N) is 1. The van der Waals surface area contributed by atoms with Crippen molar-refractivity contribution in [3.63, 3.8) is 0 Å². The zero-order valence-electron chi connectivity index (χ0n) is 21.9. The molecule has 0 fully saturated rings. The molecule has 0 saturated heterocycles. The van der Waals surface area contributed by atoms with Gasteiger partial charge in [-0.05, 0) is 84.5 Å². The van der Waals surface area contributed by atoms with Gasteiger partial charge in [0.1, 0.15) is 11.6 Å². The number of nitrogen functional groups attached to an aromatic ring is 1. The topological polar surface area (TPSA) is 83.8 Å². The van der Waals surface area contributed by atoms with Crippen LogP contribution in [0.15, 0.2) is 79.1 Å². The molecule has 4 N–H and O–H groups in total. The van der Waals surface area contributed by atoms with E-state index in [2.05, 4.69) is 21.4 Å². The van der Waals surface area contributed by atoms with Crippen LogP contribution < -0.4 is 11.1 Å². The summed E-state index contributed by atoms with van der Waals surface area (Å²) in [6.45, 7) is 3.98. The smallest absolute Gasteiger partial charge is 0.225 e. The average molecular weight is 525 g/mol. The van der Waals surface area contributed by atoms with Gasteiger partial charge in [0.2, 0.25) is 5.91 Å². The van der Waals surface area contributed by atoms with E-state index in [0.29, 0.717) is 29.7 Å². The molecule has 7 heteroatoms. The monoisotopic (exact) mass is 524 g/mol. The summed E-state index contributed by atoms with van der Waals surface area (Å²) in [6.07, 6.45) is 4.67. The van der Waals surface area contributed by atoms with E-state index in [1.165, 1.54) is 18.2 Å². The molecule has 2 aromatic heterocycles. The Balaban J connectivity index is 1.51. The lowest BCUT2D eigenvalue weighted by Gasteiger charge is -2.22. The molecule has 1 unspecified atom stereocenters. The van der Waals surface area contributed by atoms with Crippen LogP contribution >= 0.6 is 0 Å². The van der Waals surface area contributed by atoms with Gasteiger partial charge in [-0.25, -0.2) is 8.78 Å². The highest BCUT2D eigenvalue weighted by atomic mass is 19.1. The Morgan fingerprint density at radius 1 is 1.05 bits per heavy atom. The molecule has 5 nitrogen and oxygen atoms in total. The van der Waals surface area contributed by atoms with Crippen LogP contribution in [-0.4, -0.2) is 15.9 Å². The van der Waals surface area contributed by atoms with E-state index in [9.17, 15) is 13.6 Å². The number of nitrogens with two attached hydrogens (primary N) is 1. The summed E-state index contributed by atoms with van der Waals surface area (Å²) in [7, 11) is 0. The molecule has 5 aromatic rings. The van der Waals surface area contributed by atoms with Crippen molar-refractivity contribution in [1.82, 2.24) is 15.3 Å². The summed E-state index contributed by atoms with van der Waals surface area (Å²) < 4.78 is 28.4. The lowest BCUT2D eigenvalue weighted by Crippen LogP contribution is -2.32. The first-order valence-electron chi connectivity index (χ1n) is 13.0. The van der Waals surface area contributed by atoms with Gasteiger partial charge in [0.25, 0.3) is 0 Å². The Kier molecular flexibility index (Phi) is 7.41. The number of halogens is 2. The van der Waals surface area contributed by atoms with E-state index in [1.54, 1.807) is 24.4 Å². The minimum absolute atomic E-state index is 0.0234. The largest absolute Gasteiger partial charge is 0.396 e. The van der Waals surface area contributed by atoms with Crippen molar-refractivity contribution in [2.75, 3.05) is 5.73 Å². The Morgan fingerprint density at radius 3 is 2.67 bits per heavy atom. The number of fused-ring (bicyclic) bond motifs is 1. The standard InChI is InChI=1S/C32H30F2N4O/c1-3-20-12-21(14-24(33)13-20)15-30(32-25(5-4-10-36-32)22-7-8-27(34)28(35)16-22)38-31(39)17-23-18-37-29-9-6-19(2)11-26(23)29/h4-14,16,18,30,37H,3,15,17,35H2,1-2H3,(H,38,39). The molecule has 0 radical (unpaired) electrons. The van der Waals surface area contributed by atoms with Crippen LogP contribution in [0.25, 0.3) is 22.0 Å². The quantitative estimate of drug-likeness (QED) is 0.200. The second-order valence-electron chi connectivity index (χ2n) is 9.86. The maximum atomic E-state index is 14.4. The number of pyridine rings is 1. The molecule has 0 bridgehead atoms. The van der Waals surface area contributed by atoms with Gasteiger partial charge in [0.05, 0.1) is 23.8 Å². The fraction of sp³-hybridized carbons (Fsp3) is 0.188. The molecule has 0 saturated carbocycles. The number of carbonyl (C=O) groups is 1. The Labute approximate surface area is 226 Å². The van der Waals surface area contributed by atoms with Crippen molar-refractivity contribution in [3.05, 3.63) is 119 Å². The molecule has 0 aliphatic rings. The van der Waals surface area contributed by atoms with Crippen molar-refractivity contribution in [2.24, 2.45) is 0 Å². The van der Waals surface area contributed by atoms with Gasteiger partial charge in [-0.1, -0.05) is 36.8 Å². The average Bonchev–Trinajstić information content (AvgIpc) is 3.31. The van der Waals surface area contributed by atoms with Gasteiger partial charge in [0.15, 0.2) is 0 Å². The van der Waals surface area contributed by atoms with E-state index in [1.807, 2.05) is 44.3 Å². The number of carbonyl (C=O) groups excluding carboxylic acids is 1. The first-order valence-corrected chi connectivity index (χ1v) is 13.0. The molecule has 0 spiro atoms. The lowest BCUT2D eigenvalue weighted by molar-refractivity contribution is -0.121. The number of amides is 1. The molecule has 198 valence electrons. The Bertz CT molecular complexity index is 1660. The van der Waals surface area contributed by atoms with Crippen molar-refractivity contribution >= 4 is 22.5 Å². The third-order valence-corrected chi connectivity index (χ3v) is 6.95. The van der Waals surface area contributed by atoms with Crippen molar-refractivity contribution in [2.45, 2.75) is 39.2 Å². The molecule has 5 rings (SSSR count). The van der Waals surface area contributed by atoms with Crippen molar-refractivity contribution in [1.29, 1.82) is 0 Å². The highest BCUT2D eigenvalue weighted by Crippen LogP contribution is 2.31. The highest BCUT2D eigenvalue weighted by molar-refractivity contribution is 5.89. The van der Waals surface area contributed by atoms with Gasteiger partial charge in [-0.3, -0.25) is 9.78 Å². The Hall–Kier alpha value is -4.52. The number of aromatic amines is 1. The second-order valence-corrected chi connectivity index (χ2v) is 9.86. The number of aromatic nitrogens is 2. The zero-order valence-corrected chi connectivity index (χ0v) is 21.9. The van der Waals surface area contributed by atoms with Crippen molar-refractivity contribution < 1.29 is 13.6 Å². The van der Waals surface area contributed by atoms with Crippen LogP contribution in [0.4, 0.5) is 14.5 Å². The van der Waals surface area contributed by atoms with Gasteiger partial charge >= 0.3 is 0 Å². The summed E-state index contributed by atoms with van der Waals surface area (Å²) in [5, 5.41) is 4.15. The van der Waals surface area contributed by atoms with Crippen LogP contribution in [0.1, 0.15) is 40.9 Å². The second kappa shape index (κ2) is 11.1. The molecule has 1 atom stereocenters. The van der Waals surface area contributed by atoms with Crippen LogP contribution in [0.5, 0.6) is 0 Å². The summed E-state index contributed by atoms with van der Waals surface area (Å²) >= 11 is 0. The number of hydrogen-bond acceptors (Lipinski definition) is 3. The predicted octanol–water partition coefficient (Wildman–Crippen LogP) is 6.60. The van der Waals surface area contributed by atoms with Gasteiger partial charge in [0, 0.05) is 28.9 Å². The van der Waals surface area contributed by atoms with Crippen LogP contribution in [0.2, 0.25) is 0 Å². The van der Waals surface area contributed by atoms with E-state index in [0.717, 1.165) is 33.2 Å². The van der Waals surface area contributed by atoms with Crippen LogP contribution in [-0.2, 0) is 24.1 Å². The highest BCUT2D eigenvalue weighted by Gasteiger charge is 2.22. The van der Waals surface area contributed by atoms with Crippen LogP contribution in [0.3, 0.4) is 0 Å². The minimum atomic E-state index is -0.571. The molecular formula is C32H30F2N4O. The number of benzene rings is 3. The zero-order chi connectivity index (χ0) is 27.5. The Morgan fingerprint density at radius 2 is 1.87 bits per heavy atom. The third-order valence-electron chi connectivity index (χ3n) is 6.95. The maximum absolute atomic E-state index is 14.4. The van der Waals surface area contributed by atoms with Crippen molar-refractivity contribution in [3.8, 4) is 11.1 Å². The fourth-order valence-corrected chi connectivity index (χ4v) is 5.00. The fourth-order valence-electron chi connectivity index (χ4n) is 5.00. The number of aryl methyl sites for hydroxylation is 2. The van der Waals surface area contributed by atoms with E-state index < -0.39 is 11.9 Å². The molecular weight excluding hydrogens is 494 g/mol. The number of anilines is 1. The number of H-pyrrole nitrogens is 1. The minimum Gasteiger partial charge on any atom is -0.396 e.